The lowest BCUT2D eigenvalue weighted by Gasteiger charge is -2.08. The molecule has 2 heterocycles. The Morgan fingerprint density at radius 1 is 1.18 bits per heavy atom. The van der Waals surface area contributed by atoms with Gasteiger partial charge < -0.3 is 4.74 Å². The van der Waals surface area contributed by atoms with Crippen molar-refractivity contribution in [1.29, 1.82) is 0 Å². The Bertz CT molecular complexity index is 885. The predicted molar refractivity (Wildman–Crippen MR) is 82.9 cm³/mol. The third-order valence-corrected chi connectivity index (χ3v) is 3.31. The van der Waals surface area contributed by atoms with Gasteiger partial charge in [-0.1, -0.05) is 30.3 Å². The van der Waals surface area contributed by atoms with Crippen LogP contribution in [0.4, 0.5) is 0 Å². The van der Waals surface area contributed by atoms with Crippen LogP contribution in [0.5, 0.6) is 0 Å². The van der Waals surface area contributed by atoms with Crippen LogP contribution in [0.3, 0.4) is 0 Å². The van der Waals surface area contributed by atoms with E-state index in [1.165, 1.54) is 10.6 Å². The van der Waals surface area contributed by atoms with Gasteiger partial charge in [-0.15, -0.1) is 0 Å². The normalized spacial score (nSPS) is 10.6. The van der Waals surface area contributed by atoms with Gasteiger partial charge >= 0.3 is 5.97 Å². The SMILES string of the molecule is CCOC(=O)c1cccn2c(=O)c(-c3ccccc3)cnc12. The van der Waals surface area contributed by atoms with Crippen LogP contribution in [0.1, 0.15) is 17.3 Å². The van der Waals surface area contributed by atoms with Crippen LogP contribution in [0, 0.1) is 0 Å². The molecule has 0 amide bonds. The number of fused-ring (bicyclic) bond motifs is 1. The first-order valence-corrected chi connectivity index (χ1v) is 6.95. The standard InChI is InChI=1S/C17H14N2O3/c1-2-22-17(21)13-9-6-10-19-15(13)18-11-14(16(19)20)12-7-4-3-5-8-12/h3-11H,2H2,1H3. The Balaban J connectivity index is 2.22. The summed E-state index contributed by atoms with van der Waals surface area (Å²) in [6, 6.07) is 12.5. The van der Waals surface area contributed by atoms with Crippen molar-refractivity contribution in [1.82, 2.24) is 9.38 Å². The van der Waals surface area contributed by atoms with Crippen molar-refractivity contribution in [3.8, 4) is 11.1 Å². The topological polar surface area (TPSA) is 60.7 Å². The van der Waals surface area contributed by atoms with Gasteiger partial charge in [0.25, 0.3) is 5.56 Å². The molecular weight excluding hydrogens is 280 g/mol. The van der Waals surface area contributed by atoms with Crippen LogP contribution >= 0.6 is 0 Å². The van der Waals surface area contributed by atoms with Crippen LogP contribution < -0.4 is 5.56 Å². The van der Waals surface area contributed by atoms with Crippen molar-refractivity contribution in [2.24, 2.45) is 0 Å². The Labute approximate surface area is 126 Å². The van der Waals surface area contributed by atoms with Crippen LogP contribution in [-0.4, -0.2) is 22.0 Å². The molecule has 0 aliphatic carbocycles. The summed E-state index contributed by atoms with van der Waals surface area (Å²) in [5.74, 6) is -0.486. The average Bonchev–Trinajstić information content (AvgIpc) is 2.56. The van der Waals surface area contributed by atoms with E-state index in [-0.39, 0.29) is 17.7 Å². The molecule has 0 saturated heterocycles. The number of aromatic nitrogens is 2. The molecule has 3 aromatic rings. The first-order chi connectivity index (χ1) is 10.7. The molecule has 0 unspecified atom stereocenters. The van der Waals surface area contributed by atoms with E-state index in [0.717, 1.165) is 5.56 Å². The Morgan fingerprint density at radius 2 is 1.95 bits per heavy atom. The number of rotatable bonds is 3. The highest BCUT2D eigenvalue weighted by molar-refractivity contribution is 5.95. The van der Waals surface area contributed by atoms with Crippen LogP contribution in [0.2, 0.25) is 0 Å². The summed E-state index contributed by atoms with van der Waals surface area (Å²) < 4.78 is 6.37. The molecule has 0 aliphatic rings. The second-order valence-corrected chi connectivity index (χ2v) is 4.68. The van der Waals surface area contributed by atoms with E-state index in [0.29, 0.717) is 11.2 Å². The average molecular weight is 294 g/mol. The number of carbonyl (C=O) groups is 1. The number of carbonyl (C=O) groups excluding carboxylic acids is 1. The van der Waals surface area contributed by atoms with Crippen molar-refractivity contribution < 1.29 is 9.53 Å². The van der Waals surface area contributed by atoms with Gasteiger partial charge in [0.05, 0.1) is 12.2 Å². The smallest absolute Gasteiger partial charge is 0.341 e. The number of ether oxygens (including phenoxy) is 1. The summed E-state index contributed by atoms with van der Waals surface area (Å²) in [6.45, 7) is 2.00. The summed E-state index contributed by atoms with van der Waals surface area (Å²) >= 11 is 0. The zero-order valence-electron chi connectivity index (χ0n) is 12.0. The van der Waals surface area contributed by atoms with Crippen LogP contribution in [-0.2, 0) is 4.74 Å². The van der Waals surface area contributed by atoms with Crippen LogP contribution in [0.25, 0.3) is 16.8 Å². The molecule has 0 N–H and O–H groups in total. The Kier molecular flexibility index (Phi) is 3.70. The lowest BCUT2D eigenvalue weighted by Crippen LogP contribution is -2.19. The zero-order chi connectivity index (χ0) is 15.5. The van der Waals surface area contributed by atoms with E-state index in [1.54, 1.807) is 25.3 Å². The minimum absolute atomic E-state index is 0.220. The highest BCUT2D eigenvalue weighted by atomic mass is 16.5. The molecule has 0 fully saturated rings. The lowest BCUT2D eigenvalue weighted by atomic mass is 10.1. The van der Waals surface area contributed by atoms with Crippen molar-refractivity contribution in [2.75, 3.05) is 6.61 Å². The van der Waals surface area contributed by atoms with Crippen molar-refractivity contribution in [3.05, 3.63) is 70.8 Å². The monoisotopic (exact) mass is 294 g/mol. The van der Waals surface area contributed by atoms with Crippen molar-refractivity contribution >= 4 is 11.6 Å². The van der Waals surface area contributed by atoms with Crippen molar-refractivity contribution in [2.45, 2.75) is 6.92 Å². The number of esters is 1. The Hall–Kier alpha value is -2.95. The van der Waals surface area contributed by atoms with Gasteiger partial charge in [0.2, 0.25) is 0 Å². The first-order valence-electron chi connectivity index (χ1n) is 6.95. The molecule has 1 aromatic carbocycles. The summed E-state index contributed by atoms with van der Waals surface area (Å²) in [4.78, 5) is 28.9. The number of benzene rings is 1. The maximum Gasteiger partial charge on any atom is 0.341 e. The van der Waals surface area contributed by atoms with E-state index in [1.807, 2.05) is 30.3 Å². The molecule has 2 aromatic heterocycles. The van der Waals surface area contributed by atoms with Crippen molar-refractivity contribution in [3.63, 3.8) is 0 Å². The fraction of sp³-hybridized carbons (Fsp3) is 0.118. The quantitative estimate of drug-likeness (QED) is 0.696. The molecule has 0 bridgehead atoms. The minimum atomic E-state index is -0.486. The number of hydrogen-bond acceptors (Lipinski definition) is 4. The second-order valence-electron chi connectivity index (χ2n) is 4.68. The van der Waals surface area contributed by atoms with Gasteiger partial charge in [0, 0.05) is 12.4 Å². The van der Waals surface area contributed by atoms with E-state index < -0.39 is 5.97 Å². The number of pyridine rings is 1. The van der Waals surface area contributed by atoms with E-state index in [4.69, 9.17) is 4.74 Å². The number of hydrogen-bond donors (Lipinski definition) is 0. The second kappa shape index (κ2) is 5.81. The highest BCUT2D eigenvalue weighted by Gasteiger charge is 2.15. The Morgan fingerprint density at radius 3 is 2.68 bits per heavy atom. The third kappa shape index (κ3) is 2.37. The molecule has 0 atom stereocenters. The largest absolute Gasteiger partial charge is 0.462 e. The molecule has 0 aliphatic heterocycles. The molecule has 0 spiro atoms. The van der Waals surface area contributed by atoms with Crippen LogP contribution in [0.15, 0.2) is 59.7 Å². The molecule has 5 nitrogen and oxygen atoms in total. The maximum absolute atomic E-state index is 12.6. The van der Waals surface area contributed by atoms with Gasteiger partial charge in [-0.3, -0.25) is 9.20 Å². The van der Waals surface area contributed by atoms with Gasteiger partial charge in [0.15, 0.2) is 5.65 Å². The maximum atomic E-state index is 12.6. The highest BCUT2D eigenvalue weighted by Crippen LogP contribution is 2.15. The fourth-order valence-electron chi connectivity index (χ4n) is 2.29. The van der Waals surface area contributed by atoms with Gasteiger partial charge in [-0.25, -0.2) is 9.78 Å². The van der Waals surface area contributed by atoms with E-state index in [2.05, 4.69) is 4.98 Å². The summed E-state index contributed by atoms with van der Waals surface area (Å²) in [6.07, 6.45) is 3.09. The first kappa shape index (κ1) is 14.0. The van der Waals surface area contributed by atoms with E-state index in [9.17, 15) is 9.59 Å². The van der Waals surface area contributed by atoms with Gasteiger partial charge in [-0.05, 0) is 24.6 Å². The lowest BCUT2D eigenvalue weighted by molar-refractivity contribution is 0.0528. The molecule has 22 heavy (non-hydrogen) atoms. The molecule has 3 rings (SSSR count). The minimum Gasteiger partial charge on any atom is -0.462 e. The van der Waals surface area contributed by atoms with Gasteiger partial charge in [-0.2, -0.15) is 0 Å². The fourth-order valence-corrected chi connectivity index (χ4v) is 2.29. The number of nitrogens with zero attached hydrogens (tertiary/aromatic N) is 2. The summed E-state index contributed by atoms with van der Waals surface area (Å²) in [5.41, 5.74) is 1.63. The predicted octanol–water partition coefficient (Wildman–Crippen LogP) is 2.54. The van der Waals surface area contributed by atoms with E-state index >= 15 is 0 Å². The summed E-state index contributed by atoms with van der Waals surface area (Å²) in [5, 5.41) is 0. The molecule has 5 heteroatoms. The molecule has 110 valence electrons. The molecule has 0 saturated carbocycles. The molecule has 0 radical (unpaired) electrons. The van der Waals surface area contributed by atoms with Gasteiger partial charge in [0.1, 0.15) is 5.56 Å². The third-order valence-electron chi connectivity index (χ3n) is 3.31. The zero-order valence-corrected chi connectivity index (χ0v) is 12.0. The molecular formula is C17H14N2O3. The summed E-state index contributed by atoms with van der Waals surface area (Å²) in [7, 11) is 0.